The van der Waals surface area contributed by atoms with Gasteiger partial charge in [0.1, 0.15) is 5.82 Å². The number of para-hydroxylation sites is 1. The fourth-order valence-electron chi connectivity index (χ4n) is 2.40. The van der Waals surface area contributed by atoms with Crippen molar-refractivity contribution in [2.75, 3.05) is 11.1 Å². The molecule has 0 saturated heterocycles. The summed E-state index contributed by atoms with van der Waals surface area (Å²) in [4.78, 5) is 16.5. The Morgan fingerprint density at radius 1 is 1.12 bits per heavy atom. The van der Waals surface area contributed by atoms with Crippen molar-refractivity contribution in [2.45, 2.75) is 18.5 Å². The molecular formula is C20H20N4OS. The molecule has 0 atom stereocenters. The van der Waals surface area contributed by atoms with E-state index in [0.29, 0.717) is 11.0 Å². The highest BCUT2D eigenvalue weighted by atomic mass is 32.2. The van der Waals surface area contributed by atoms with E-state index in [1.807, 2.05) is 66.7 Å². The number of thioether (sulfide) groups is 1. The Hall–Kier alpha value is -2.86. The van der Waals surface area contributed by atoms with Crippen LogP contribution in [0.5, 0.6) is 0 Å². The second-order valence-corrected chi connectivity index (χ2v) is 6.54. The maximum absolute atomic E-state index is 12.2. The minimum Gasteiger partial charge on any atom is -0.325 e. The number of rotatable bonds is 7. The highest BCUT2D eigenvalue weighted by molar-refractivity contribution is 7.99. The molecule has 2 N–H and O–H groups in total. The van der Waals surface area contributed by atoms with E-state index in [2.05, 4.69) is 27.4 Å². The van der Waals surface area contributed by atoms with Gasteiger partial charge in [-0.3, -0.25) is 9.89 Å². The molecule has 0 spiro atoms. The molecule has 2 aromatic carbocycles. The van der Waals surface area contributed by atoms with Crippen LogP contribution in [0.2, 0.25) is 0 Å². The van der Waals surface area contributed by atoms with E-state index in [1.165, 1.54) is 11.8 Å². The number of aryl methyl sites for hydroxylation is 1. The van der Waals surface area contributed by atoms with E-state index in [9.17, 15) is 4.79 Å². The molecule has 3 aromatic rings. The Bertz CT molecular complexity index is 890. The maximum atomic E-state index is 12.2. The van der Waals surface area contributed by atoms with Gasteiger partial charge in [-0.1, -0.05) is 73.3 Å². The van der Waals surface area contributed by atoms with Crippen molar-refractivity contribution in [1.29, 1.82) is 0 Å². The van der Waals surface area contributed by atoms with Crippen LogP contribution in [0.3, 0.4) is 0 Å². The third-order valence-electron chi connectivity index (χ3n) is 3.72. The zero-order valence-electron chi connectivity index (χ0n) is 14.5. The fraction of sp³-hybridized carbons (Fsp3) is 0.150. The molecule has 0 aliphatic rings. The van der Waals surface area contributed by atoms with Crippen LogP contribution in [0, 0.1) is 0 Å². The second-order valence-electron chi connectivity index (χ2n) is 5.59. The van der Waals surface area contributed by atoms with Gasteiger partial charge in [0.05, 0.1) is 5.75 Å². The summed E-state index contributed by atoms with van der Waals surface area (Å²) in [5.41, 5.74) is 3.08. The Balaban J connectivity index is 1.53. The number of H-pyrrole nitrogens is 1. The fourth-order valence-corrected chi connectivity index (χ4v) is 3.01. The van der Waals surface area contributed by atoms with Crippen LogP contribution in [-0.4, -0.2) is 26.8 Å². The van der Waals surface area contributed by atoms with E-state index < -0.39 is 0 Å². The van der Waals surface area contributed by atoms with Gasteiger partial charge < -0.3 is 5.32 Å². The van der Waals surface area contributed by atoms with Crippen molar-refractivity contribution in [3.8, 4) is 0 Å². The number of carbonyl (C=O) groups excluding carboxylic acids is 1. The lowest BCUT2D eigenvalue weighted by molar-refractivity contribution is -0.113. The largest absolute Gasteiger partial charge is 0.325 e. The molecular weight excluding hydrogens is 344 g/mol. The van der Waals surface area contributed by atoms with Gasteiger partial charge in [0.25, 0.3) is 0 Å². The molecule has 0 aliphatic carbocycles. The van der Waals surface area contributed by atoms with Crippen molar-refractivity contribution in [2.24, 2.45) is 0 Å². The Labute approximate surface area is 156 Å². The highest BCUT2D eigenvalue weighted by Gasteiger charge is 2.08. The number of aromatic nitrogens is 3. The number of hydrogen-bond acceptors (Lipinski definition) is 4. The lowest BCUT2D eigenvalue weighted by atomic mass is 10.1. The summed E-state index contributed by atoms with van der Waals surface area (Å²) in [5.74, 6) is 0.854. The predicted molar refractivity (Wildman–Crippen MR) is 107 cm³/mol. The number of hydrogen-bond donors (Lipinski definition) is 2. The van der Waals surface area contributed by atoms with Crippen LogP contribution in [0.15, 0.2) is 59.8 Å². The minimum atomic E-state index is -0.0675. The monoisotopic (exact) mass is 364 g/mol. The molecule has 3 rings (SSSR count). The SMILES string of the molecule is CCc1ccccc1NC(=O)CSc1n[nH]c(/C=C/c2ccccc2)n1. The molecule has 1 amide bonds. The number of aromatic amines is 1. The minimum absolute atomic E-state index is 0.0675. The molecule has 5 nitrogen and oxygen atoms in total. The van der Waals surface area contributed by atoms with Crippen LogP contribution in [-0.2, 0) is 11.2 Å². The number of nitrogens with one attached hydrogen (secondary N) is 2. The third-order valence-corrected chi connectivity index (χ3v) is 4.57. The molecule has 132 valence electrons. The Morgan fingerprint density at radius 2 is 1.88 bits per heavy atom. The van der Waals surface area contributed by atoms with E-state index in [0.717, 1.165) is 23.2 Å². The second kappa shape index (κ2) is 9.01. The van der Waals surface area contributed by atoms with Gasteiger partial charge >= 0.3 is 0 Å². The van der Waals surface area contributed by atoms with E-state index in [1.54, 1.807) is 0 Å². The van der Waals surface area contributed by atoms with Crippen molar-refractivity contribution in [3.63, 3.8) is 0 Å². The number of amides is 1. The van der Waals surface area contributed by atoms with Gasteiger partial charge in [-0.2, -0.15) is 0 Å². The van der Waals surface area contributed by atoms with E-state index in [-0.39, 0.29) is 11.7 Å². The van der Waals surface area contributed by atoms with Crippen molar-refractivity contribution in [3.05, 3.63) is 71.5 Å². The average molecular weight is 364 g/mol. The van der Waals surface area contributed by atoms with Crippen LogP contribution in [0.25, 0.3) is 12.2 Å². The molecule has 0 bridgehead atoms. The lowest BCUT2D eigenvalue weighted by Gasteiger charge is -2.08. The van der Waals surface area contributed by atoms with Crippen LogP contribution in [0.1, 0.15) is 23.9 Å². The average Bonchev–Trinajstić information content (AvgIpc) is 3.14. The third kappa shape index (κ3) is 5.07. The molecule has 0 unspecified atom stereocenters. The molecule has 0 aliphatic heterocycles. The summed E-state index contributed by atoms with van der Waals surface area (Å²) in [7, 11) is 0. The van der Waals surface area contributed by atoms with Crippen molar-refractivity contribution in [1.82, 2.24) is 15.2 Å². The summed E-state index contributed by atoms with van der Waals surface area (Å²) >= 11 is 1.30. The summed E-state index contributed by atoms with van der Waals surface area (Å²) in [6.07, 6.45) is 4.70. The summed E-state index contributed by atoms with van der Waals surface area (Å²) < 4.78 is 0. The van der Waals surface area contributed by atoms with E-state index >= 15 is 0 Å². The van der Waals surface area contributed by atoms with Gasteiger partial charge in [-0.15, -0.1) is 5.10 Å². The van der Waals surface area contributed by atoms with Gasteiger partial charge in [-0.05, 0) is 29.7 Å². The molecule has 1 aromatic heterocycles. The van der Waals surface area contributed by atoms with Gasteiger partial charge in [0.2, 0.25) is 11.1 Å². The quantitative estimate of drug-likeness (QED) is 0.614. The molecule has 26 heavy (non-hydrogen) atoms. The first kappa shape index (κ1) is 17.9. The zero-order chi connectivity index (χ0) is 18.2. The predicted octanol–water partition coefficient (Wildman–Crippen LogP) is 4.27. The first-order valence-corrected chi connectivity index (χ1v) is 9.39. The van der Waals surface area contributed by atoms with Crippen molar-refractivity contribution < 1.29 is 4.79 Å². The lowest BCUT2D eigenvalue weighted by Crippen LogP contribution is -2.15. The maximum Gasteiger partial charge on any atom is 0.234 e. The molecule has 0 fully saturated rings. The van der Waals surface area contributed by atoms with Crippen LogP contribution >= 0.6 is 11.8 Å². The smallest absolute Gasteiger partial charge is 0.234 e. The number of nitrogens with zero attached hydrogens (tertiary/aromatic N) is 2. The highest BCUT2D eigenvalue weighted by Crippen LogP contribution is 2.18. The number of carbonyl (C=O) groups is 1. The van der Waals surface area contributed by atoms with Crippen LogP contribution < -0.4 is 5.32 Å². The van der Waals surface area contributed by atoms with Crippen LogP contribution in [0.4, 0.5) is 5.69 Å². The standard InChI is InChI=1S/C20H20N4OS/c1-2-16-10-6-7-11-17(16)21-19(25)14-26-20-22-18(23-24-20)13-12-15-8-4-3-5-9-15/h3-13H,2,14H2,1H3,(H,21,25)(H,22,23,24)/b13-12+. The van der Waals surface area contributed by atoms with Gasteiger partial charge in [0, 0.05) is 5.69 Å². The van der Waals surface area contributed by atoms with Gasteiger partial charge in [-0.25, -0.2) is 4.98 Å². The summed E-state index contributed by atoms with van der Waals surface area (Å²) in [6, 6.07) is 17.8. The van der Waals surface area contributed by atoms with E-state index in [4.69, 9.17) is 0 Å². The normalized spacial score (nSPS) is 11.0. The molecule has 1 heterocycles. The zero-order valence-corrected chi connectivity index (χ0v) is 15.3. The molecule has 6 heteroatoms. The Morgan fingerprint density at radius 3 is 2.69 bits per heavy atom. The van der Waals surface area contributed by atoms with Crippen molar-refractivity contribution >= 4 is 35.5 Å². The molecule has 0 radical (unpaired) electrons. The topological polar surface area (TPSA) is 70.7 Å². The molecule has 0 saturated carbocycles. The first-order chi connectivity index (χ1) is 12.7. The first-order valence-electron chi connectivity index (χ1n) is 8.40. The summed E-state index contributed by atoms with van der Waals surface area (Å²) in [6.45, 7) is 2.07. The number of benzene rings is 2. The number of anilines is 1. The van der Waals surface area contributed by atoms with Gasteiger partial charge in [0.15, 0.2) is 0 Å². The Kier molecular flexibility index (Phi) is 6.22. The summed E-state index contributed by atoms with van der Waals surface area (Å²) in [5, 5.41) is 10.5.